The summed E-state index contributed by atoms with van der Waals surface area (Å²) in [7, 11) is 0. The van der Waals surface area contributed by atoms with Crippen molar-refractivity contribution >= 4 is 5.78 Å². The second kappa shape index (κ2) is 7.05. The molecule has 154 valence electrons. The molecule has 4 aliphatic heterocycles. The number of ketones is 1. The zero-order valence-electron chi connectivity index (χ0n) is 17.0. The highest BCUT2D eigenvalue weighted by Gasteiger charge is 2.58. The van der Waals surface area contributed by atoms with Crippen LogP contribution in [0.2, 0.25) is 0 Å². The summed E-state index contributed by atoms with van der Waals surface area (Å²) >= 11 is 0. The van der Waals surface area contributed by atoms with E-state index in [0.29, 0.717) is 18.0 Å². The summed E-state index contributed by atoms with van der Waals surface area (Å²) in [6.07, 6.45) is 12.8. The van der Waals surface area contributed by atoms with E-state index in [0.717, 1.165) is 52.1 Å². The lowest BCUT2D eigenvalue weighted by Crippen LogP contribution is -2.51. The normalized spacial score (nSPS) is 43.3. The smallest absolute Gasteiger partial charge is 0.149 e. The van der Waals surface area contributed by atoms with Gasteiger partial charge in [-0.25, -0.2) is 0 Å². The van der Waals surface area contributed by atoms with Crippen molar-refractivity contribution in [3.05, 3.63) is 24.3 Å². The summed E-state index contributed by atoms with van der Waals surface area (Å²) in [5, 5.41) is 0. The average molecular weight is 389 g/mol. The number of allylic oxidation sites excluding steroid dienone is 4. The highest BCUT2D eigenvalue weighted by molar-refractivity contribution is 5.93. The maximum atomic E-state index is 14.4. The van der Waals surface area contributed by atoms with Crippen molar-refractivity contribution in [1.29, 1.82) is 0 Å². The lowest BCUT2D eigenvalue weighted by Gasteiger charge is -2.46. The number of hydrogen-bond acceptors (Lipinski definition) is 5. The van der Waals surface area contributed by atoms with Crippen LogP contribution in [0.1, 0.15) is 39.5 Å². The third-order valence-corrected chi connectivity index (χ3v) is 7.51. The maximum Gasteiger partial charge on any atom is 0.149 e. The number of carbonyl (C=O) groups excluding carboxylic acids is 1. The summed E-state index contributed by atoms with van der Waals surface area (Å²) in [5.74, 6) is 0.793. The second-order valence-electron chi connectivity index (χ2n) is 9.70. The predicted molar refractivity (Wildman–Crippen MR) is 104 cm³/mol. The summed E-state index contributed by atoms with van der Waals surface area (Å²) in [4.78, 5) is 14.4. The first-order chi connectivity index (χ1) is 13.5. The van der Waals surface area contributed by atoms with E-state index in [9.17, 15) is 4.79 Å². The number of epoxide rings is 4. The Kier molecular flexibility index (Phi) is 4.78. The molecule has 0 aromatic rings. The second-order valence-corrected chi connectivity index (χ2v) is 9.70. The maximum absolute atomic E-state index is 14.4. The minimum absolute atomic E-state index is 0.180. The van der Waals surface area contributed by atoms with Crippen LogP contribution in [-0.4, -0.2) is 56.6 Å². The van der Waals surface area contributed by atoms with Crippen molar-refractivity contribution < 1.29 is 23.7 Å². The summed E-state index contributed by atoms with van der Waals surface area (Å²) < 4.78 is 22.6. The molecule has 4 saturated heterocycles. The van der Waals surface area contributed by atoms with Crippen LogP contribution in [0.25, 0.3) is 0 Å². The van der Waals surface area contributed by atoms with Crippen LogP contribution in [-0.2, 0) is 23.7 Å². The molecule has 5 nitrogen and oxygen atoms in total. The largest absolute Gasteiger partial charge is 0.373 e. The molecule has 0 aromatic carbocycles. The molecule has 28 heavy (non-hydrogen) atoms. The van der Waals surface area contributed by atoms with Crippen LogP contribution in [0.5, 0.6) is 0 Å². The fourth-order valence-electron chi connectivity index (χ4n) is 5.22. The van der Waals surface area contributed by atoms with Gasteiger partial charge in [-0.2, -0.15) is 0 Å². The lowest BCUT2D eigenvalue weighted by atomic mass is 9.55. The molecule has 0 N–H and O–H groups in total. The summed E-state index contributed by atoms with van der Waals surface area (Å²) in [5.41, 5.74) is -0.940. The third kappa shape index (κ3) is 3.87. The highest BCUT2D eigenvalue weighted by Crippen LogP contribution is 2.54. The van der Waals surface area contributed by atoms with Crippen LogP contribution in [0.4, 0.5) is 0 Å². The molecule has 0 spiro atoms. The van der Waals surface area contributed by atoms with Gasteiger partial charge in [0.2, 0.25) is 0 Å². The molecular formula is C23H32O5. The van der Waals surface area contributed by atoms with E-state index in [1.807, 2.05) is 6.08 Å². The van der Waals surface area contributed by atoms with Gasteiger partial charge >= 0.3 is 0 Å². The minimum atomic E-state index is -0.494. The number of rotatable bonds is 11. The van der Waals surface area contributed by atoms with E-state index in [-0.39, 0.29) is 24.0 Å². The molecule has 0 aromatic heterocycles. The molecular weight excluding hydrogens is 356 g/mol. The number of carbonyl (C=O) groups is 1. The molecule has 6 unspecified atom stereocenters. The predicted octanol–water partition coefficient (Wildman–Crippen LogP) is 3.08. The first kappa shape index (κ1) is 19.0. The zero-order chi connectivity index (χ0) is 19.4. The first-order valence-corrected chi connectivity index (χ1v) is 10.9. The molecule has 0 radical (unpaired) electrons. The first-order valence-electron chi connectivity index (χ1n) is 10.9. The van der Waals surface area contributed by atoms with Gasteiger partial charge in [-0.3, -0.25) is 4.79 Å². The van der Waals surface area contributed by atoms with E-state index in [1.165, 1.54) is 0 Å². The molecule has 0 amide bonds. The Morgan fingerprint density at radius 2 is 1.46 bits per heavy atom. The zero-order valence-corrected chi connectivity index (χ0v) is 17.0. The Morgan fingerprint density at radius 3 is 1.89 bits per heavy atom. The van der Waals surface area contributed by atoms with Gasteiger partial charge in [-0.15, -0.1) is 0 Å². The number of hydrogen-bond donors (Lipinski definition) is 0. The fraction of sp³-hybridized carbons (Fsp3) is 0.783. The van der Waals surface area contributed by atoms with E-state index >= 15 is 0 Å². The van der Waals surface area contributed by atoms with Gasteiger partial charge in [0, 0.05) is 5.41 Å². The van der Waals surface area contributed by atoms with Gasteiger partial charge in [0.1, 0.15) is 5.78 Å². The number of Topliss-reactive ketones (excluding diaryl/α,β-unsaturated/α-hetero) is 1. The van der Waals surface area contributed by atoms with Crippen LogP contribution in [0.15, 0.2) is 24.3 Å². The standard InChI is InChI=1S/C23H32O5/c1-15-5-3-4-6-22(15,2)21(24)23(9-19-13-27-19,10-20-14-28-20)16(7-17-11-25-17)8-18-12-26-18/h3-6,15-20H,7-14H2,1-2H3. The Labute approximate surface area is 167 Å². The Morgan fingerprint density at radius 1 is 0.964 bits per heavy atom. The van der Waals surface area contributed by atoms with Crippen molar-refractivity contribution in [2.45, 2.75) is 63.9 Å². The Bertz CT molecular complexity index is 640. The van der Waals surface area contributed by atoms with Gasteiger partial charge in [0.25, 0.3) is 0 Å². The van der Waals surface area contributed by atoms with Crippen molar-refractivity contribution in [2.75, 3.05) is 26.4 Å². The topological polar surface area (TPSA) is 67.2 Å². The van der Waals surface area contributed by atoms with Gasteiger partial charge in [-0.05, 0) is 44.4 Å². The van der Waals surface area contributed by atoms with E-state index < -0.39 is 10.8 Å². The summed E-state index contributed by atoms with van der Waals surface area (Å²) in [6, 6.07) is 0. The molecule has 4 heterocycles. The molecule has 1 aliphatic carbocycles. The van der Waals surface area contributed by atoms with Gasteiger partial charge in [-0.1, -0.05) is 31.2 Å². The number of ether oxygens (including phenoxy) is 4. The van der Waals surface area contributed by atoms with Gasteiger partial charge < -0.3 is 18.9 Å². The van der Waals surface area contributed by atoms with E-state index in [1.54, 1.807) is 0 Å². The van der Waals surface area contributed by atoms with Crippen LogP contribution in [0, 0.1) is 22.7 Å². The molecule has 0 bridgehead atoms. The van der Waals surface area contributed by atoms with Gasteiger partial charge in [0.05, 0.1) is 56.3 Å². The van der Waals surface area contributed by atoms with E-state index in [4.69, 9.17) is 18.9 Å². The molecule has 5 heteroatoms. The van der Waals surface area contributed by atoms with Crippen LogP contribution < -0.4 is 0 Å². The van der Waals surface area contributed by atoms with Crippen LogP contribution >= 0.6 is 0 Å². The van der Waals surface area contributed by atoms with Crippen molar-refractivity contribution in [3.8, 4) is 0 Å². The van der Waals surface area contributed by atoms with Crippen molar-refractivity contribution in [3.63, 3.8) is 0 Å². The minimum Gasteiger partial charge on any atom is -0.373 e. The van der Waals surface area contributed by atoms with Gasteiger partial charge in [0.15, 0.2) is 0 Å². The Hall–Kier alpha value is -1.01. The average Bonchev–Trinajstić information content (AvgIpc) is 3.52. The fourth-order valence-corrected chi connectivity index (χ4v) is 5.22. The van der Waals surface area contributed by atoms with Crippen LogP contribution in [0.3, 0.4) is 0 Å². The molecule has 4 fully saturated rings. The highest BCUT2D eigenvalue weighted by atomic mass is 16.6. The lowest BCUT2D eigenvalue weighted by molar-refractivity contribution is -0.144. The Balaban J connectivity index is 1.52. The SMILES string of the molecule is CC1C=CC=CC1(C)C(=O)C(CC1CO1)(CC1CO1)C(CC1CO1)CC1CO1. The molecule has 0 saturated carbocycles. The van der Waals surface area contributed by atoms with Crippen molar-refractivity contribution in [2.24, 2.45) is 22.7 Å². The van der Waals surface area contributed by atoms with E-state index in [2.05, 4.69) is 32.1 Å². The molecule has 6 atom stereocenters. The quantitative estimate of drug-likeness (QED) is 0.509. The monoisotopic (exact) mass is 388 g/mol. The third-order valence-electron chi connectivity index (χ3n) is 7.51. The van der Waals surface area contributed by atoms with Crippen molar-refractivity contribution in [1.82, 2.24) is 0 Å². The molecule has 5 rings (SSSR count). The summed E-state index contributed by atoms with van der Waals surface area (Å²) in [6.45, 7) is 7.47. The molecule has 5 aliphatic rings.